The second-order valence-electron chi connectivity index (χ2n) is 3.04. The van der Waals surface area contributed by atoms with Crippen molar-refractivity contribution in [3.05, 3.63) is 0 Å². The van der Waals surface area contributed by atoms with E-state index in [1.54, 1.807) is 0 Å². The van der Waals surface area contributed by atoms with Crippen LogP contribution in [-0.4, -0.2) is 54.5 Å². The van der Waals surface area contributed by atoms with Gasteiger partial charge in [-0.25, -0.2) is 8.42 Å². The van der Waals surface area contributed by atoms with Gasteiger partial charge in [-0.2, -0.15) is 4.31 Å². The summed E-state index contributed by atoms with van der Waals surface area (Å²) in [4.78, 5) is 0. The highest BCUT2D eigenvalue weighted by atomic mass is 32.2. The summed E-state index contributed by atoms with van der Waals surface area (Å²) in [5, 5.41) is 18.2. The molecule has 0 aliphatic carbocycles. The highest BCUT2D eigenvalue weighted by Crippen LogP contribution is 2.13. The lowest BCUT2D eigenvalue weighted by Gasteiger charge is -2.31. The summed E-state index contributed by atoms with van der Waals surface area (Å²) in [7, 11) is -3.22. The Balaban J connectivity index is 2.64. The van der Waals surface area contributed by atoms with Gasteiger partial charge in [-0.3, -0.25) is 0 Å². The van der Waals surface area contributed by atoms with Gasteiger partial charge in [0.2, 0.25) is 10.0 Å². The van der Waals surface area contributed by atoms with E-state index in [4.69, 9.17) is 10.2 Å². The average molecular weight is 195 g/mol. The number of rotatable bonds is 1. The smallest absolute Gasteiger partial charge is 0.211 e. The van der Waals surface area contributed by atoms with E-state index in [-0.39, 0.29) is 13.1 Å². The second-order valence-corrected chi connectivity index (χ2v) is 5.03. The van der Waals surface area contributed by atoms with Crippen LogP contribution in [0.2, 0.25) is 0 Å². The number of nitrogens with zero attached hydrogens (tertiary/aromatic N) is 1. The van der Waals surface area contributed by atoms with Crippen molar-refractivity contribution in [3.63, 3.8) is 0 Å². The molecule has 0 aromatic heterocycles. The molecular weight excluding hydrogens is 182 g/mol. The Morgan fingerprint density at radius 3 is 2.33 bits per heavy atom. The highest BCUT2D eigenvalue weighted by Gasteiger charge is 2.30. The Bertz CT molecular complexity index is 250. The van der Waals surface area contributed by atoms with Gasteiger partial charge in [0.15, 0.2) is 0 Å². The fourth-order valence-corrected chi connectivity index (χ4v) is 2.05. The average Bonchev–Trinajstić information content (AvgIpc) is 1.92. The quantitative estimate of drug-likeness (QED) is 0.527. The summed E-state index contributed by atoms with van der Waals surface area (Å²) in [6, 6.07) is 0. The molecule has 1 rings (SSSR count). The molecule has 6 heteroatoms. The zero-order valence-electron chi connectivity index (χ0n) is 6.84. The first kappa shape index (κ1) is 9.91. The summed E-state index contributed by atoms with van der Waals surface area (Å²) in [5.41, 5.74) is 0. The number of piperidine rings is 1. The van der Waals surface area contributed by atoms with Crippen LogP contribution in [0.3, 0.4) is 0 Å². The topological polar surface area (TPSA) is 77.8 Å². The van der Waals surface area contributed by atoms with Gasteiger partial charge in [0.05, 0.1) is 18.5 Å². The Kier molecular flexibility index (Phi) is 2.72. The molecule has 2 unspecified atom stereocenters. The Labute approximate surface area is 71.7 Å². The minimum Gasteiger partial charge on any atom is -0.390 e. The molecule has 0 radical (unpaired) electrons. The molecule has 1 aliphatic heterocycles. The molecule has 0 saturated carbocycles. The first-order valence-corrected chi connectivity index (χ1v) is 5.57. The van der Waals surface area contributed by atoms with Gasteiger partial charge in [-0.15, -0.1) is 0 Å². The lowest BCUT2D eigenvalue weighted by Crippen LogP contribution is -2.48. The molecule has 1 saturated heterocycles. The van der Waals surface area contributed by atoms with E-state index in [9.17, 15) is 8.42 Å². The van der Waals surface area contributed by atoms with Crippen molar-refractivity contribution in [1.29, 1.82) is 0 Å². The number of aliphatic hydroxyl groups is 2. The van der Waals surface area contributed by atoms with E-state index < -0.39 is 22.2 Å². The molecule has 5 nitrogen and oxygen atoms in total. The largest absolute Gasteiger partial charge is 0.390 e. The maximum atomic E-state index is 11.0. The third kappa shape index (κ3) is 2.16. The number of hydrogen-bond donors (Lipinski definition) is 2. The molecule has 12 heavy (non-hydrogen) atoms. The van der Waals surface area contributed by atoms with Crippen LogP contribution in [0.15, 0.2) is 0 Å². The molecule has 0 bridgehead atoms. The van der Waals surface area contributed by atoms with Gasteiger partial charge in [-0.1, -0.05) is 0 Å². The minimum absolute atomic E-state index is 0.000000000000000222. The Morgan fingerprint density at radius 2 is 1.92 bits per heavy atom. The summed E-state index contributed by atoms with van der Waals surface area (Å²) in [6.45, 7) is 0.289. The van der Waals surface area contributed by atoms with E-state index in [2.05, 4.69) is 0 Å². The molecule has 2 N–H and O–H groups in total. The van der Waals surface area contributed by atoms with Crippen LogP contribution in [0.5, 0.6) is 0 Å². The standard InChI is InChI=1S/C6H13NO4S/c1-12(10,11)7-3-2-5(8)6(9)4-7/h5-6,8-9H,2-4H2,1H3. The predicted molar refractivity (Wildman–Crippen MR) is 43.0 cm³/mol. The van der Waals surface area contributed by atoms with Gasteiger partial charge in [0.1, 0.15) is 0 Å². The van der Waals surface area contributed by atoms with Crippen LogP contribution in [0, 0.1) is 0 Å². The van der Waals surface area contributed by atoms with Crippen molar-refractivity contribution in [1.82, 2.24) is 4.31 Å². The van der Waals surface area contributed by atoms with Crippen molar-refractivity contribution >= 4 is 10.0 Å². The van der Waals surface area contributed by atoms with Crippen molar-refractivity contribution in [2.24, 2.45) is 0 Å². The lowest BCUT2D eigenvalue weighted by molar-refractivity contribution is -0.0190. The third-order valence-corrected chi connectivity index (χ3v) is 3.25. The summed E-state index contributed by atoms with van der Waals surface area (Å²) < 4.78 is 23.1. The van der Waals surface area contributed by atoms with E-state index in [1.165, 1.54) is 4.31 Å². The first-order chi connectivity index (χ1) is 5.41. The first-order valence-electron chi connectivity index (χ1n) is 3.72. The van der Waals surface area contributed by atoms with E-state index in [0.717, 1.165) is 6.26 Å². The number of aliphatic hydroxyl groups excluding tert-OH is 2. The molecule has 1 heterocycles. The van der Waals surface area contributed by atoms with Gasteiger partial charge < -0.3 is 10.2 Å². The molecule has 1 aliphatic rings. The normalized spacial score (nSPS) is 33.6. The van der Waals surface area contributed by atoms with Gasteiger partial charge >= 0.3 is 0 Å². The zero-order chi connectivity index (χ0) is 9.35. The molecule has 0 aromatic rings. The molecule has 72 valence electrons. The van der Waals surface area contributed by atoms with Crippen molar-refractivity contribution in [2.75, 3.05) is 19.3 Å². The van der Waals surface area contributed by atoms with Crippen LogP contribution in [0.4, 0.5) is 0 Å². The summed E-state index contributed by atoms with van der Waals surface area (Å²) in [5.74, 6) is 0. The zero-order valence-corrected chi connectivity index (χ0v) is 7.66. The van der Waals surface area contributed by atoms with Crippen LogP contribution in [0.25, 0.3) is 0 Å². The third-order valence-electron chi connectivity index (χ3n) is 1.98. The summed E-state index contributed by atoms with van der Waals surface area (Å²) >= 11 is 0. The SMILES string of the molecule is CS(=O)(=O)N1CCC(O)C(O)C1. The molecule has 2 atom stereocenters. The molecule has 0 aromatic carbocycles. The number of hydrogen-bond acceptors (Lipinski definition) is 4. The van der Waals surface area contributed by atoms with Gasteiger partial charge in [0.25, 0.3) is 0 Å². The molecule has 1 fully saturated rings. The van der Waals surface area contributed by atoms with Crippen LogP contribution in [-0.2, 0) is 10.0 Å². The second kappa shape index (κ2) is 3.29. The minimum atomic E-state index is -3.22. The lowest BCUT2D eigenvalue weighted by atomic mass is 10.1. The van der Waals surface area contributed by atoms with Gasteiger partial charge in [0, 0.05) is 13.1 Å². The molecular formula is C6H13NO4S. The maximum absolute atomic E-state index is 11.0. The van der Waals surface area contributed by atoms with Crippen molar-refractivity contribution < 1.29 is 18.6 Å². The Morgan fingerprint density at radius 1 is 1.33 bits per heavy atom. The van der Waals surface area contributed by atoms with Crippen LogP contribution in [0.1, 0.15) is 6.42 Å². The molecule has 0 amide bonds. The molecule has 0 spiro atoms. The summed E-state index contributed by atoms with van der Waals surface area (Å²) in [6.07, 6.45) is -0.345. The van der Waals surface area contributed by atoms with Gasteiger partial charge in [-0.05, 0) is 6.42 Å². The van der Waals surface area contributed by atoms with E-state index >= 15 is 0 Å². The predicted octanol–water partition coefficient (Wildman–Crippen LogP) is -1.63. The maximum Gasteiger partial charge on any atom is 0.211 e. The number of β-amino-alcohol motifs (C(OH)–C–C–N with tert-alkyl or cyclic N) is 1. The fraction of sp³-hybridized carbons (Fsp3) is 1.00. The van der Waals surface area contributed by atoms with Crippen molar-refractivity contribution in [2.45, 2.75) is 18.6 Å². The van der Waals surface area contributed by atoms with E-state index in [0.29, 0.717) is 6.42 Å². The highest BCUT2D eigenvalue weighted by molar-refractivity contribution is 7.88. The van der Waals surface area contributed by atoms with Crippen LogP contribution < -0.4 is 0 Å². The Hall–Kier alpha value is -0.170. The monoisotopic (exact) mass is 195 g/mol. The number of sulfonamides is 1. The van der Waals surface area contributed by atoms with E-state index in [1.807, 2.05) is 0 Å². The van der Waals surface area contributed by atoms with Crippen LogP contribution >= 0.6 is 0 Å². The fourth-order valence-electron chi connectivity index (χ4n) is 1.19. The van der Waals surface area contributed by atoms with Crippen molar-refractivity contribution in [3.8, 4) is 0 Å².